The van der Waals surface area contributed by atoms with E-state index in [0.29, 0.717) is 6.10 Å². The monoisotopic (exact) mass is 229 g/mol. The van der Waals surface area contributed by atoms with Gasteiger partial charge in [-0.1, -0.05) is 12.1 Å². The van der Waals surface area contributed by atoms with Gasteiger partial charge in [0.25, 0.3) is 0 Å². The molecule has 0 saturated heterocycles. The summed E-state index contributed by atoms with van der Waals surface area (Å²) in [5, 5.41) is 0. The van der Waals surface area contributed by atoms with E-state index in [4.69, 9.17) is 4.74 Å². The Morgan fingerprint density at radius 3 is 2.41 bits per heavy atom. The predicted molar refractivity (Wildman–Crippen MR) is 63.7 cm³/mol. The fourth-order valence-electron chi connectivity index (χ4n) is 2.20. The van der Waals surface area contributed by atoms with Gasteiger partial charge in [-0.05, 0) is 49.8 Å². The Bertz CT molecular complexity index is 452. The van der Waals surface area contributed by atoms with Crippen LogP contribution in [0.3, 0.4) is 0 Å². The molecule has 0 bridgehead atoms. The molecule has 17 heavy (non-hydrogen) atoms. The van der Waals surface area contributed by atoms with Crippen LogP contribution in [0.4, 0.5) is 0 Å². The number of isocyanates is 1. The Labute approximate surface area is 101 Å². The zero-order valence-electron chi connectivity index (χ0n) is 9.69. The third-order valence-electron chi connectivity index (χ3n) is 3.73. The summed E-state index contributed by atoms with van der Waals surface area (Å²) in [6, 6.07) is 7.99. The van der Waals surface area contributed by atoms with Crippen molar-refractivity contribution in [2.45, 2.75) is 43.7 Å². The maximum atomic E-state index is 10.4. The van der Waals surface area contributed by atoms with Crippen molar-refractivity contribution in [1.29, 1.82) is 0 Å². The van der Waals surface area contributed by atoms with Crippen LogP contribution in [0.15, 0.2) is 29.3 Å². The second kappa shape index (κ2) is 4.01. The zero-order chi connectivity index (χ0) is 11.7. The maximum Gasteiger partial charge on any atom is 0.235 e. The third-order valence-corrected chi connectivity index (χ3v) is 3.73. The molecule has 3 nitrogen and oxygen atoms in total. The summed E-state index contributed by atoms with van der Waals surface area (Å²) in [5.41, 5.74) is 0.832. The molecular weight excluding hydrogens is 214 g/mol. The number of hydrogen-bond acceptors (Lipinski definition) is 3. The van der Waals surface area contributed by atoms with Gasteiger partial charge in [0.2, 0.25) is 6.08 Å². The number of ether oxygens (including phenoxy) is 1. The largest absolute Gasteiger partial charge is 0.490 e. The van der Waals surface area contributed by atoms with Crippen molar-refractivity contribution >= 4 is 6.08 Å². The summed E-state index contributed by atoms with van der Waals surface area (Å²) in [6.07, 6.45) is 7.60. The van der Waals surface area contributed by atoms with Gasteiger partial charge in [0.15, 0.2) is 0 Å². The molecule has 0 aliphatic heterocycles. The molecule has 2 aliphatic rings. The van der Waals surface area contributed by atoms with Crippen LogP contribution in [0.1, 0.15) is 37.7 Å². The highest BCUT2D eigenvalue weighted by Gasteiger charge is 2.44. The van der Waals surface area contributed by atoms with Crippen LogP contribution in [0.25, 0.3) is 0 Å². The van der Waals surface area contributed by atoms with E-state index in [1.807, 2.05) is 24.3 Å². The van der Waals surface area contributed by atoms with Gasteiger partial charge in [0, 0.05) is 0 Å². The van der Waals surface area contributed by atoms with E-state index in [0.717, 1.165) is 24.2 Å². The van der Waals surface area contributed by atoms with Gasteiger partial charge in [0.05, 0.1) is 11.6 Å². The van der Waals surface area contributed by atoms with Gasteiger partial charge in [-0.25, -0.2) is 4.79 Å². The highest BCUT2D eigenvalue weighted by molar-refractivity contribution is 5.42. The van der Waals surface area contributed by atoms with Crippen molar-refractivity contribution in [2.24, 2.45) is 4.99 Å². The molecule has 0 unspecified atom stereocenters. The summed E-state index contributed by atoms with van der Waals surface area (Å²) in [6.45, 7) is 0. The average molecular weight is 229 g/mol. The van der Waals surface area contributed by atoms with Crippen molar-refractivity contribution in [3.63, 3.8) is 0 Å². The number of hydrogen-bond donors (Lipinski definition) is 0. The normalized spacial score (nSPS) is 21.2. The van der Waals surface area contributed by atoms with Crippen molar-refractivity contribution < 1.29 is 9.53 Å². The van der Waals surface area contributed by atoms with Crippen LogP contribution in [-0.2, 0) is 10.3 Å². The quantitative estimate of drug-likeness (QED) is 0.588. The van der Waals surface area contributed by atoms with Crippen LogP contribution in [0.5, 0.6) is 5.75 Å². The molecule has 0 aromatic heterocycles. The van der Waals surface area contributed by atoms with E-state index in [9.17, 15) is 4.79 Å². The van der Waals surface area contributed by atoms with Crippen molar-refractivity contribution in [3.05, 3.63) is 29.8 Å². The molecule has 3 heteroatoms. The Hall–Kier alpha value is -1.60. The molecule has 0 N–H and O–H groups in total. The zero-order valence-corrected chi connectivity index (χ0v) is 9.69. The number of rotatable bonds is 4. The average Bonchev–Trinajstić information content (AvgIpc) is 3.06. The van der Waals surface area contributed by atoms with Gasteiger partial charge in [0.1, 0.15) is 5.75 Å². The van der Waals surface area contributed by atoms with E-state index >= 15 is 0 Å². The lowest BCUT2D eigenvalue weighted by atomic mass is 9.96. The first-order valence-corrected chi connectivity index (χ1v) is 6.19. The minimum absolute atomic E-state index is 0.267. The van der Waals surface area contributed by atoms with Crippen molar-refractivity contribution in [1.82, 2.24) is 0 Å². The van der Waals surface area contributed by atoms with Gasteiger partial charge >= 0.3 is 0 Å². The van der Waals surface area contributed by atoms with Gasteiger partial charge in [-0.15, -0.1) is 0 Å². The first-order valence-electron chi connectivity index (χ1n) is 6.19. The number of carbonyl (C=O) groups excluding carboxylic acids is 1. The highest BCUT2D eigenvalue weighted by Crippen LogP contribution is 2.49. The van der Waals surface area contributed by atoms with E-state index in [1.54, 1.807) is 6.08 Å². The van der Waals surface area contributed by atoms with Crippen LogP contribution in [-0.4, -0.2) is 12.2 Å². The molecular formula is C14H15NO2. The standard InChI is InChI=1S/C14H15NO2/c16-10-15-14(8-9-14)11-4-6-13(7-5-11)17-12-2-1-3-12/h4-7,12H,1-3,8-9H2. The van der Waals surface area contributed by atoms with Crippen LogP contribution < -0.4 is 4.74 Å². The Morgan fingerprint density at radius 2 is 1.94 bits per heavy atom. The molecule has 2 saturated carbocycles. The van der Waals surface area contributed by atoms with E-state index in [1.165, 1.54) is 19.3 Å². The van der Waals surface area contributed by atoms with Crippen LogP contribution in [0, 0.1) is 0 Å². The molecule has 3 rings (SSSR count). The molecule has 88 valence electrons. The SMILES string of the molecule is O=C=NC1(c2ccc(OC3CCC3)cc2)CC1. The number of nitrogens with zero attached hydrogens (tertiary/aromatic N) is 1. The van der Waals surface area contributed by atoms with E-state index in [-0.39, 0.29) is 5.54 Å². The van der Waals surface area contributed by atoms with E-state index in [2.05, 4.69) is 4.99 Å². The number of benzene rings is 1. The minimum Gasteiger partial charge on any atom is -0.490 e. The first kappa shape index (κ1) is 10.5. The lowest BCUT2D eigenvalue weighted by Crippen LogP contribution is -2.24. The van der Waals surface area contributed by atoms with E-state index < -0.39 is 0 Å². The Balaban J connectivity index is 1.73. The molecule has 1 aromatic carbocycles. The molecule has 0 spiro atoms. The second-order valence-corrected chi connectivity index (χ2v) is 4.93. The molecule has 0 radical (unpaired) electrons. The Kier molecular flexibility index (Phi) is 2.49. The van der Waals surface area contributed by atoms with Crippen molar-refractivity contribution in [2.75, 3.05) is 0 Å². The first-order chi connectivity index (χ1) is 8.32. The lowest BCUT2D eigenvalue weighted by Gasteiger charge is -2.26. The summed E-state index contributed by atoms with van der Waals surface area (Å²) in [7, 11) is 0. The summed E-state index contributed by atoms with van der Waals surface area (Å²) in [5.74, 6) is 0.921. The van der Waals surface area contributed by atoms with Gasteiger partial charge in [-0.3, -0.25) is 0 Å². The lowest BCUT2D eigenvalue weighted by molar-refractivity contribution is 0.120. The molecule has 0 atom stereocenters. The Morgan fingerprint density at radius 1 is 1.24 bits per heavy atom. The molecule has 2 aliphatic carbocycles. The molecule has 2 fully saturated rings. The van der Waals surface area contributed by atoms with Gasteiger partial charge < -0.3 is 4.74 Å². The highest BCUT2D eigenvalue weighted by atomic mass is 16.5. The second-order valence-electron chi connectivity index (χ2n) is 4.93. The molecule has 0 heterocycles. The molecule has 1 aromatic rings. The minimum atomic E-state index is -0.267. The topological polar surface area (TPSA) is 38.7 Å². The van der Waals surface area contributed by atoms with Crippen molar-refractivity contribution in [3.8, 4) is 5.75 Å². The number of aliphatic imine (C=N–C) groups is 1. The smallest absolute Gasteiger partial charge is 0.235 e. The summed E-state index contributed by atoms with van der Waals surface area (Å²) >= 11 is 0. The third kappa shape index (κ3) is 1.98. The fourth-order valence-corrected chi connectivity index (χ4v) is 2.20. The predicted octanol–water partition coefficient (Wildman–Crippen LogP) is 2.94. The fraction of sp³-hybridized carbons (Fsp3) is 0.500. The molecule has 0 amide bonds. The summed E-state index contributed by atoms with van der Waals surface area (Å²) in [4.78, 5) is 14.3. The van der Waals surface area contributed by atoms with Gasteiger partial charge in [-0.2, -0.15) is 4.99 Å². The van der Waals surface area contributed by atoms with Crippen LogP contribution >= 0.6 is 0 Å². The maximum absolute atomic E-state index is 10.4. The van der Waals surface area contributed by atoms with Crippen LogP contribution in [0.2, 0.25) is 0 Å². The summed E-state index contributed by atoms with van der Waals surface area (Å²) < 4.78 is 5.79.